The number of Topliss-reactive ketones (excluding diaryl/α,β-unsaturated/α-hetero) is 1. The van der Waals surface area contributed by atoms with E-state index in [2.05, 4.69) is 10.3 Å². The number of fused-ring (bicyclic) bond motifs is 1. The van der Waals surface area contributed by atoms with Crippen molar-refractivity contribution < 1.29 is 9.59 Å². The second kappa shape index (κ2) is 6.60. The van der Waals surface area contributed by atoms with Crippen molar-refractivity contribution in [3.63, 3.8) is 0 Å². The molecule has 0 bridgehead atoms. The predicted octanol–water partition coefficient (Wildman–Crippen LogP) is 3.80. The molecular weight excluding hydrogens is 336 g/mol. The number of amides is 1. The van der Waals surface area contributed by atoms with E-state index in [1.807, 2.05) is 35.7 Å². The molecule has 0 saturated heterocycles. The Hall–Kier alpha value is -1.70. The SMILES string of the molecule is CC(=O)NC(Sc1nc2ccccc2s1)C(=O)c1cccs1. The highest BCUT2D eigenvalue weighted by molar-refractivity contribution is 8.02. The zero-order chi connectivity index (χ0) is 15.5. The molecule has 3 rings (SSSR count). The van der Waals surface area contributed by atoms with E-state index in [0.717, 1.165) is 14.6 Å². The van der Waals surface area contributed by atoms with Crippen LogP contribution in [0.4, 0.5) is 0 Å². The summed E-state index contributed by atoms with van der Waals surface area (Å²) in [6, 6.07) is 11.4. The average Bonchev–Trinajstić information content (AvgIpc) is 3.14. The quantitative estimate of drug-likeness (QED) is 0.433. The van der Waals surface area contributed by atoms with Crippen molar-refractivity contribution in [1.29, 1.82) is 0 Å². The first kappa shape index (κ1) is 15.2. The van der Waals surface area contributed by atoms with Gasteiger partial charge in [0.1, 0.15) is 5.37 Å². The van der Waals surface area contributed by atoms with Gasteiger partial charge in [-0.1, -0.05) is 30.0 Å². The topological polar surface area (TPSA) is 59.1 Å². The van der Waals surface area contributed by atoms with Crippen molar-refractivity contribution in [2.45, 2.75) is 16.6 Å². The summed E-state index contributed by atoms with van der Waals surface area (Å²) in [4.78, 5) is 29.0. The molecular formula is C15H12N2O2S3. The van der Waals surface area contributed by atoms with E-state index in [1.165, 1.54) is 41.4 Å². The van der Waals surface area contributed by atoms with Crippen LogP contribution < -0.4 is 5.32 Å². The summed E-state index contributed by atoms with van der Waals surface area (Å²) < 4.78 is 1.83. The summed E-state index contributed by atoms with van der Waals surface area (Å²) in [5, 5.41) is 3.90. The number of ketones is 1. The number of thiazole rings is 1. The van der Waals surface area contributed by atoms with Gasteiger partial charge in [0.05, 0.1) is 15.1 Å². The lowest BCUT2D eigenvalue weighted by Gasteiger charge is -2.13. The number of nitrogens with one attached hydrogen (secondary N) is 1. The first-order valence-electron chi connectivity index (χ1n) is 6.50. The van der Waals surface area contributed by atoms with Crippen LogP contribution in [0.5, 0.6) is 0 Å². The Morgan fingerprint density at radius 3 is 2.73 bits per heavy atom. The number of carbonyl (C=O) groups is 2. The third-order valence-corrected chi connectivity index (χ3v) is 5.94. The molecule has 0 aliphatic carbocycles. The summed E-state index contributed by atoms with van der Waals surface area (Å²) in [6.07, 6.45) is 0. The average molecular weight is 348 g/mol. The Morgan fingerprint density at radius 1 is 1.23 bits per heavy atom. The van der Waals surface area contributed by atoms with E-state index in [0.29, 0.717) is 4.88 Å². The third kappa shape index (κ3) is 3.37. The van der Waals surface area contributed by atoms with E-state index in [4.69, 9.17) is 0 Å². The molecule has 3 aromatic rings. The number of hydrogen-bond donors (Lipinski definition) is 1. The largest absolute Gasteiger partial charge is 0.337 e. The van der Waals surface area contributed by atoms with Gasteiger partial charge in [-0.25, -0.2) is 4.98 Å². The van der Waals surface area contributed by atoms with Crippen LogP contribution >= 0.6 is 34.4 Å². The van der Waals surface area contributed by atoms with Crippen LogP contribution in [-0.2, 0) is 4.79 Å². The van der Waals surface area contributed by atoms with Gasteiger partial charge in [0.2, 0.25) is 11.7 Å². The van der Waals surface area contributed by atoms with E-state index < -0.39 is 5.37 Å². The third-order valence-electron chi connectivity index (χ3n) is 2.83. The molecule has 2 aromatic heterocycles. The van der Waals surface area contributed by atoms with Crippen molar-refractivity contribution in [3.05, 3.63) is 46.7 Å². The van der Waals surface area contributed by atoms with Gasteiger partial charge in [-0.05, 0) is 23.6 Å². The molecule has 1 atom stereocenters. The zero-order valence-electron chi connectivity index (χ0n) is 11.6. The highest BCUT2D eigenvalue weighted by Crippen LogP contribution is 2.32. The maximum absolute atomic E-state index is 12.5. The van der Waals surface area contributed by atoms with Crippen molar-refractivity contribution in [3.8, 4) is 0 Å². The molecule has 112 valence electrons. The highest BCUT2D eigenvalue weighted by Gasteiger charge is 2.24. The minimum Gasteiger partial charge on any atom is -0.337 e. The van der Waals surface area contributed by atoms with Crippen LogP contribution in [0, 0.1) is 0 Å². The van der Waals surface area contributed by atoms with Gasteiger partial charge in [0.15, 0.2) is 4.34 Å². The van der Waals surface area contributed by atoms with Crippen LogP contribution in [0.25, 0.3) is 10.2 Å². The minimum absolute atomic E-state index is 0.102. The van der Waals surface area contributed by atoms with Crippen molar-refractivity contribution >= 4 is 56.3 Å². The van der Waals surface area contributed by atoms with Crippen LogP contribution in [-0.4, -0.2) is 22.0 Å². The fourth-order valence-electron chi connectivity index (χ4n) is 1.88. The number of aromatic nitrogens is 1. The number of nitrogens with zero attached hydrogens (tertiary/aromatic N) is 1. The van der Waals surface area contributed by atoms with Crippen LogP contribution in [0.1, 0.15) is 16.6 Å². The van der Waals surface area contributed by atoms with E-state index in [-0.39, 0.29) is 11.7 Å². The number of thioether (sulfide) groups is 1. The standard InChI is InChI=1S/C15H12N2O2S3/c1-9(18)16-14(13(19)12-7-4-8-20-12)22-15-17-10-5-2-3-6-11(10)21-15/h2-8,14H,1H3,(H,16,18). The Bertz CT molecular complexity index is 778. The normalized spacial score (nSPS) is 12.2. The molecule has 4 nitrogen and oxygen atoms in total. The Balaban J connectivity index is 1.86. The highest BCUT2D eigenvalue weighted by atomic mass is 32.2. The number of rotatable bonds is 5. The van der Waals surface area contributed by atoms with Crippen LogP contribution in [0.15, 0.2) is 46.1 Å². The molecule has 1 amide bonds. The molecule has 7 heteroatoms. The summed E-state index contributed by atoms with van der Waals surface area (Å²) >= 11 is 4.17. The second-order valence-electron chi connectivity index (χ2n) is 4.49. The van der Waals surface area contributed by atoms with Crippen molar-refractivity contribution in [1.82, 2.24) is 10.3 Å². The van der Waals surface area contributed by atoms with Gasteiger partial charge in [0.25, 0.3) is 0 Å². The van der Waals surface area contributed by atoms with Crippen LogP contribution in [0.3, 0.4) is 0 Å². The molecule has 22 heavy (non-hydrogen) atoms. The van der Waals surface area contributed by atoms with Gasteiger partial charge in [-0.15, -0.1) is 22.7 Å². The molecule has 0 spiro atoms. The summed E-state index contributed by atoms with van der Waals surface area (Å²) in [5.74, 6) is -0.335. The molecule has 1 N–H and O–H groups in total. The molecule has 1 aromatic carbocycles. The summed E-state index contributed by atoms with van der Waals surface area (Å²) in [5.41, 5.74) is 0.903. The Morgan fingerprint density at radius 2 is 2.05 bits per heavy atom. The predicted molar refractivity (Wildman–Crippen MR) is 91.7 cm³/mol. The first-order valence-corrected chi connectivity index (χ1v) is 9.08. The fourth-order valence-corrected chi connectivity index (χ4v) is 4.91. The smallest absolute Gasteiger partial charge is 0.218 e. The van der Waals surface area contributed by atoms with Gasteiger partial charge in [0, 0.05) is 6.92 Å². The molecule has 1 unspecified atom stereocenters. The molecule has 0 aliphatic rings. The number of para-hydroxylation sites is 1. The zero-order valence-corrected chi connectivity index (χ0v) is 14.1. The van der Waals surface area contributed by atoms with E-state index >= 15 is 0 Å². The van der Waals surface area contributed by atoms with E-state index in [1.54, 1.807) is 6.07 Å². The lowest BCUT2D eigenvalue weighted by Crippen LogP contribution is -2.36. The van der Waals surface area contributed by atoms with Crippen molar-refractivity contribution in [2.24, 2.45) is 0 Å². The maximum atomic E-state index is 12.5. The van der Waals surface area contributed by atoms with Gasteiger partial charge >= 0.3 is 0 Å². The molecule has 0 saturated carbocycles. The van der Waals surface area contributed by atoms with Crippen molar-refractivity contribution in [2.75, 3.05) is 0 Å². The molecule has 0 aliphatic heterocycles. The number of benzene rings is 1. The van der Waals surface area contributed by atoms with Crippen LogP contribution in [0.2, 0.25) is 0 Å². The molecule has 0 radical (unpaired) electrons. The van der Waals surface area contributed by atoms with Gasteiger partial charge in [-0.2, -0.15) is 0 Å². The Kier molecular flexibility index (Phi) is 4.56. The summed E-state index contributed by atoms with van der Waals surface area (Å²) in [6.45, 7) is 1.41. The monoisotopic (exact) mass is 348 g/mol. The number of carbonyl (C=O) groups excluding carboxylic acids is 2. The first-order chi connectivity index (χ1) is 10.6. The molecule has 2 heterocycles. The number of hydrogen-bond acceptors (Lipinski definition) is 6. The lowest BCUT2D eigenvalue weighted by molar-refractivity contribution is -0.118. The molecule has 0 fully saturated rings. The second-order valence-corrected chi connectivity index (χ2v) is 7.82. The number of thiophene rings is 1. The fraction of sp³-hybridized carbons (Fsp3) is 0.133. The Labute approximate surface area is 139 Å². The van der Waals surface area contributed by atoms with Gasteiger partial charge < -0.3 is 5.32 Å². The van der Waals surface area contributed by atoms with E-state index in [9.17, 15) is 9.59 Å². The lowest BCUT2D eigenvalue weighted by atomic mass is 10.3. The van der Waals surface area contributed by atoms with Gasteiger partial charge in [-0.3, -0.25) is 9.59 Å². The maximum Gasteiger partial charge on any atom is 0.218 e. The minimum atomic E-state index is -0.656. The summed E-state index contributed by atoms with van der Waals surface area (Å²) in [7, 11) is 0.